The quantitative estimate of drug-likeness (QED) is 0.683. The Kier molecular flexibility index (Phi) is 6.64. The third-order valence-electron chi connectivity index (χ3n) is 5.90. The molecule has 0 spiro atoms. The summed E-state index contributed by atoms with van der Waals surface area (Å²) in [4.78, 5) is 26.2. The molecule has 2 aromatic rings. The molecule has 0 saturated carbocycles. The van der Waals surface area contributed by atoms with Crippen molar-refractivity contribution in [2.24, 2.45) is 0 Å². The Hall–Kier alpha value is -2.86. The lowest BCUT2D eigenvalue weighted by Gasteiger charge is -2.16. The first kappa shape index (κ1) is 20.4. The van der Waals surface area contributed by atoms with Crippen LogP contribution >= 0.6 is 0 Å². The van der Waals surface area contributed by atoms with Crippen LogP contribution in [0.2, 0.25) is 0 Å². The first-order chi connectivity index (χ1) is 14.7. The summed E-state index contributed by atoms with van der Waals surface area (Å²) < 4.78 is 0. The van der Waals surface area contributed by atoms with Gasteiger partial charge in [0.25, 0.3) is 0 Å². The van der Waals surface area contributed by atoms with E-state index in [-0.39, 0.29) is 18.0 Å². The fourth-order valence-electron chi connectivity index (χ4n) is 4.06. The molecule has 6 heteroatoms. The van der Waals surface area contributed by atoms with Gasteiger partial charge in [0.15, 0.2) is 0 Å². The first-order valence-electron chi connectivity index (χ1n) is 11.0. The summed E-state index contributed by atoms with van der Waals surface area (Å²) in [5.74, 6) is 0.0529. The van der Waals surface area contributed by atoms with Gasteiger partial charge >= 0.3 is 6.03 Å². The molecule has 30 heavy (non-hydrogen) atoms. The summed E-state index contributed by atoms with van der Waals surface area (Å²) in [6.45, 7) is 2.62. The third-order valence-corrected chi connectivity index (χ3v) is 5.90. The topological polar surface area (TPSA) is 73.5 Å². The third kappa shape index (κ3) is 5.39. The van der Waals surface area contributed by atoms with E-state index in [1.807, 2.05) is 29.2 Å². The zero-order valence-electron chi connectivity index (χ0n) is 17.3. The van der Waals surface area contributed by atoms with Crippen LogP contribution in [0.1, 0.15) is 36.8 Å². The Morgan fingerprint density at radius 3 is 1.93 bits per heavy atom. The van der Waals surface area contributed by atoms with E-state index >= 15 is 0 Å². The molecular weight excluding hydrogens is 376 g/mol. The molecule has 2 fully saturated rings. The van der Waals surface area contributed by atoms with E-state index in [0.717, 1.165) is 69.5 Å². The van der Waals surface area contributed by atoms with E-state index in [1.165, 1.54) is 11.1 Å². The second-order valence-corrected chi connectivity index (χ2v) is 8.16. The minimum Gasteiger partial charge on any atom is -0.325 e. The highest BCUT2D eigenvalue weighted by atomic mass is 16.2. The second kappa shape index (κ2) is 9.76. The minimum atomic E-state index is -0.0622. The van der Waals surface area contributed by atoms with Gasteiger partial charge in [0.2, 0.25) is 5.91 Å². The van der Waals surface area contributed by atoms with Gasteiger partial charge in [-0.25, -0.2) is 4.79 Å². The number of rotatable bonds is 6. The van der Waals surface area contributed by atoms with Gasteiger partial charge in [0.05, 0.1) is 6.04 Å². The molecule has 3 N–H and O–H groups in total. The number of nitrogens with zero attached hydrogens (tertiary/aromatic N) is 1. The molecule has 2 heterocycles. The van der Waals surface area contributed by atoms with Crippen LogP contribution in [0.4, 0.5) is 16.2 Å². The number of hydrogen-bond donors (Lipinski definition) is 3. The average Bonchev–Trinajstić information content (AvgIpc) is 3.48. The molecule has 158 valence electrons. The van der Waals surface area contributed by atoms with E-state index in [9.17, 15) is 9.59 Å². The first-order valence-corrected chi connectivity index (χ1v) is 11.0. The maximum Gasteiger partial charge on any atom is 0.321 e. The van der Waals surface area contributed by atoms with Crippen molar-refractivity contribution in [1.29, 1.82) is 0 Å². The largest absolute Gasteiger partial charge is 0.325 e. The normalized spacial score (nSPS) is 18.4. The molecule has 0 aromatic heterocycles. The molecule has 6 nitrogen and oxygen atoms in total. The van der Waals surface area contributed by atoms with Crippen molar-refractivity contribution in [2.75, 3.05) is 30.3 Å². The van der Waals surface area contributed by atoms with Gasteiger partial charge in [-0.3, -0.25) is 4.79 Å². The zero-order chi connectivity index (χ0) is 20.8. The summed E-state index contributed by atoms with van der Waals surface area (Å²) in [6.07, 6.45) is 6.01. The van der Waals surface area contributed by atoms with Crippen LogP contribution in [0.5, 0.6) is 0 Å². The smallest absolute Gasteiger partial charge is 0.321 e. The van der Waals surface area contributed by atoms with Gasteiger partial charge < -0.3 is 20.9 Å². The monoisotopic (exact) mass is 406 g/mol. The number of anilines is 2. The van der Waals surface area contributed by atoms with Crippen molar-refractivity contribution < 1.29 is 9.59 Å². The van der Waals surface area contributed by atoms with Gasteiger partial charge in [-0.15, -0.1) is 0 Å². The van der Waals surface area contributed by atoms with Gasteiger partial charge in [-0.2, -0.15) is 0 Å². The number of carbonyl (C=O) groups excluding carboxylic acids is 2. The molecule has 2 saturated heterocycles. The van der Waals surface area contributed by atoms with Crippen LogP contribution < -0.4 is 16.0 Å². The Bertz CT molecular complexity index is 778. The molecule has 0 radical (unpaired) electrons. The summed E-state index contributed by atoms with van der Waals surface area (Å²) >= 11 is 0. The summed E-state index contributed by atoms with van der Waals surface area (Å²) in [5.41, 5.74) is 4.15. The highest BCUT2D eigenvalue weighted by molar-refractivity contribution is 5.95. The van der Waals surface area contributed by atoms with Crippen molar-refractivity contribution in [2.45, 2.75) is 44.6 Å². The lowest BCUT2D eigenvalue weighted by atomic mass is 10.0. The highest BCUT2D eigenvalue weighted by Crippen LogP contribution is 2.17. The summed E-state index contributed by atoms with van der Waals surface area (Å²) in [6, 6.07) is 16.1. The lowest BCUT2D eigenvalue weighted by Crippen LogP contribution is -2.35. The van der Waals surface area contributed by atoms with Crippen molar-refractivity contribution in [3.05, 3.63) is 59.7 Å². The van der Waals surface area contributed by atoms with Crippen molar-refractivity contribution in [3.63, 3.8) is 0 Å². The van der Waals surface area contributed by atoms with Gasteiger partial charge in [0, 0.05) is 24.5 Å². The predicted octanol–water partition coefficient (Wildman–Crippen LogP) is 3.79. The van der Waals surface area contributed by atoms with Crippen molar-refractivity contribution in [3.8, 4) is 0 Å². The fourth-order valence-corrected chi connectivity index (χ4v) is 4.06. The Morgan fingerprint density at radius 2 is 1.40 bits per heavy atom. The summed E-state index contributed by atoms with van der Waals surface area (Å²) in [5, 5.41) is 9.18. The van der Waals surface area contributed by atoms with E-state index in [1.54, 1.807) is 0 Å². The molecule has 1 unspecified atom stereocenters. The van der Waals surface area contributed by atoms with Crippen LogP contribution in [0.3, 0.4) is 0 Å². The number of aryl methyl sites for hydroxylation is 2. The number of carbonyl (C=O) groups is 2. The fraction of sp³-hybridized carbons (Fsp3) is 0.417. The molecule has 2 aliphatic rings. The van der Waals surface area contributed by atoms with E-state index in [0.29, 0.717) is 0 Å². The zero-order valence-corrected chi connectivity index (χ0v) is 17.3. The second-order valence-electron chi connectivity index (χ2n) is 8.16. The van der Waals surface area contributed by atoms with Crippen molar-refractivity contribution in [1.82, 2.24) is 10.2 Å². The highest BCUT2D eigenvalue weighted by Gasteiger charge is 2.21. The SMILES string of the molecule is O=C(Nc1ccc(CCc2ccc(NC(=O)N3CCCC3)cc2)cc1)C1CCCN1. The maximum absolute atomic E-state index is 12.2. The molecule has 0 aliphatic carbocycles. The molecule has 0 bridgehead atoms. The molecule has 2 aliphatic heterocycles. The minimum absolute atomic E-state index is 0.00357. The molecule has 4 rings (SSSR count). The standard InChI is InChI=1S/C24H30N4O2/c29-23(22-4-3-15-25-22)26-20-11-7-18(8-12-20)5-6-19-9-13-21(14-10-19)27-24(30)28-16-1-2-17-28/h7-14,22,25H,1-6,15-17H2,(H,26,29)(H,27,30). The van der Waals surface area contributed by atoms with Crippen LogP contribution in [0.15, 0.2) is 48.5 Å². The molecule has 2 aromatic carbocycles. The Labute approximate surface area is 178 Å². The van der Waals surface area contributed by atoms with Gasteiger partial charge in [0.1, 0.15) is 0 Å². The number of benzene rings is 2. The van der Waals surface area contributed by atoms with Crippen LogP contribution in [0, 0.1) is 0 Å². The predicted molar refractivity (Wildman–Crippen MR) is 120 cm³/mol. The van der Waals surface area contributed by atoms with Crippen LogP contribution in [-0.2, 0) is 17.6 Å². The van der Waals surface area contributed by atoms with Gasteiger partial charge in [-0.1, -0.05) is 24.3 Å². The van der Waals surface area contributed by atoms with E-state index in [4.69, 9.17) is 0 Å². The van der Waals surface area contributed by atoms with Crippen molar-refractivity contribution >= 4 is 23.3 Å². The number of hydrogen-bond acceptors (Lipinski definition) is 3. The summed E-state index contributed by atoms with van der Waals surface area (Å²) in [7, 11) is 0. The van der Waals surface area contributed by atoms with Crippen LogP contribution in [-0.4, -0.2) is 42.5 Å². The number of amides is 3. The lowest BCUT2D eigenvalue weighted by molar-refractivity contribution is -0.117. The number of likely N-dealkylation sites (tertiary alicyclic amines) is 1. The molecule has 3 amide bonds. The maximum atomic E-state index is 12.2. The number of nitrogens with one attached hydrogen (secondary N) is 3. The Morgan fingerprint density at radius 1 is 0.833 bits per heavy atom. The van der Waals surface area contributed by atoms with E-state index in [2.05, 4.69) is 40.2 Å². The average molecular weight is 407 g/mol. The number of urea groups is 1. The molecule has 1 atom stereocenters. The Balaban J connectivity index is 1.24. The van der Waals surface area contributed by atoms with Gasteiger partial charge in [-0.05, 0) is 80.5 Å². The molecular formula is C24H30N4O2. The van der Waals surface area contributed by atoms with E-state index < -0.39 is 0 Å². The van der Waals surface area contributed by atoms with Crippen LogP contribution in [0.25, 0.3) is 0 Å².